The number of pyridine rings is 1. The second-order valence-corrected chi connectivity index (χ2v) is 9.56. The van der Waals surface area contributed by atoms with Crippen LogP contribution in [0, 0.1) is 24.1 Å². The van der Waals surface area contributed by atoms with Crippen LogP contribution in [0.15, 0.2) is 71.3 Å². The maximum atomic E-state index is 14.2. The largest absolute Gasteiger partial charge is 0.454 e. The molecule has 3 aromatic carbocycles. The fourth-order valence-electron chi connectivity index (χ4n) is 5.45. The van der Waals surface area contributed by atoms with E-state index < -0.39 is 0 Å². The van der Waals surface area contributed by atoms with Crippen LogP contribution in [-0.2, 0) is 11.8 Å². The molecular weight excluding hydrogens is 451 g/mol. The minimum Gasteiger partial charge on any atom is -0.454 e. The number of aryl methyl sites for hydroxylation is 2. The quantitative estimate of drug-likeness (QED) is 0.264. The summed E-state index contributed by atoms with van der Waals surface area (Å²) in [6, 6.07) is 21.7. The van der Waals surface area contributed by atoms with Crippen LogP contribution in [0.25, 0.3) is 44.3 Å². The second kappa shape index (κ2) is 8.89. The molecule has 0 amide bonds. The van der Waals surface area contributed by atoms with E-state index in [0.717, 1.165) is 64.8 Å². The van der Waals surface area contributed by atoms with Crippen molar-refractivity contribution in [2.24, 2.45) is 7.05 Å². The van der Waals surface area contributed by atoms with Gasteiger partial charge in [0, 0.05) is 41.7 Å². The lowest BCUT2D eigenvalue weighted by Gasteiger charge is -2.22. The van der Waals surface area contributed by atoms with Crippen molar-refractivity contribution < 1.29 is 18.1 Å². The molecule has 178 valence electrons. The standard InChI is InChI=1S/C31H26FN2O2/c1-19-3-9-25-26-10-8-23(18-33)29(22-6-4-20(5-7-22)21-12-15-35-16-13-21)31(26)36-30(25)28(19)27-17-24(32)11-14-34(27)2/h3-11,14,17,21H,12-13,15-16H2,1-2H3/q+1. The predicted molar refractivity (Wildman–Crippen MR) is 138 cm³/mol. The first-order chi connectivity index (χ1) is 17.5. The molecule has 0 saturated carbocycles. The summed E-state index contributed by atoms with van der Waals surface area (Å²) in [5.74, 6) is 0.204. The second-order valence-electron chi connectivity index (χ2n) is 9.56. The molecule has 0 bridgehead atoms. The Morgan fingerprint density at radius 3 is 2.33 bits per heavy atom. The van der Waals surface area contributed by atoms with Gasteiger partial charge in [0.25, 0.3) is 0 Å². The molecule has 1 saturated heterocycles. The molecule has 3 heterocycles. The first-order valence-electron chi connectivity index (χ1n) is 12.3. The number of halogens is 1. The van der Waals surface area contributed by atoms with Crippen molar-refractivity contribution >= 4 is 21.9 Å². The van der Waals surface area contributed by atoms with Gasteiger partial charge in [-0.25, -0.2) is 8.96 Å². The Balaban J connectivity index is 1.57. The SMILES string of the molecule is Cc1ccc2c(oc3c(-c4ccc(C5CCOCC5)cc4)c(C#N)ccc32)c1-c1cc(F)cc[n+]1C. The van der Waals surface area contributed by atoms with E-state index in [0.29, 0.717) is 22.6 Å². The minimum atomic E-state index is -0.298. The van der Waals surface area contributed by atoms with Gasteiger partial charge in [-0.05, 0) is 54.5 Å². The maximum Gasteiger partial charge on any atom is 0.219 e. The van der Waals surface area contributed by atoms with Crippen molar-refractivity contribution in [3.8, 4) is 28.5 Å². The number of aromatic nitrogens is 1. The Hall–Kier alpha value is -4.01. The molecule has 5 aromatic rings. The Morgan fingerprint density at radius 1 is 0.917 bits per heavy atom. The number of hydrogen-bond donors (Lipinski definition) is 0. The van der Waals surface area contributed by atoms with Crippen LogP contribution in [0.5, 0.6) is 0 Å². The van der Waals surface area contributed by atoms with Crippen molar-refractivity contribution in [2.45, 2.75) is 25.7 Å². The van der Waals surface area contributed by atoms with Crippen molar-refractivity contribution in [2.75, 3.05) is 13.2 Å². The number of nitriles is 1. The van der Waals surface area contributed by atoms with Gasteiger partial charge in [-0.3, -0.25) is 0 Å². The molecule has 2 aromatic heterocycles. The van der Waals surface area contributed by atoms with Gasteiger partial charge in [0.15, 0.2) is 6.20 Å². The molecular formula is C31H26FN2O2+. The van der Waals surface area contributed by atoms with E-state index in [9.17, 15) is 9.65 Å². The molecule has 0 unspecified atom stereocenters. The lowest BCUT2D eigenvalue weighted by molar-refractivity contribution is -0.660. The zero-order valence-electron chi connectivity index (χ0n) is 20.3. The first kappa shape index (κ1) is 22.5. The van der Waals surface area contributed by atoms with Gasteiger partial charge >= 0.3 is 0 Å². The van der Waals surface area contributed by atoms with Crippen LogP contribution in [0.3, 0.4) is 0 Å². The van der Waals surface area contributed by atoms with Crippen molar-refractivity contribution in [3.63, 3.8) is 0 Å². The highest BCUT2D eigenvalue weighted by atomic mass is 19.1. The third-order valence-corrected chi connectivity index (χ3v) is 7.40. The minimum absolute atomic E-state index is 0.298. The molecule has 36 heavy (non-hydrogen) atoms. The number of ether oxygens (including phenoxy) is 1. The number of nitrogens with zero attached hydrogens (tertiary/aromatic N) is 2. The molecule has 5 heteroatoms. The zero-order chi connectivity index (χ0) is 24.8. The number of fused-ring (bicyclic) bond motifs is 3. The topological polar surface area (TPSA) is 50.0 Å². The molecule has 1 aliphatic heterocycles. The highest BCUT2D eigenvalue weighted by Gasteiger charge is 2.24. The van der Waals surface area contributed by atoms with Gasteiger partial charge in [-0.2, -0.15) is 5.26 Å². The van der Waals surface area contributed by atoms with Crippen LogP contribution in [-0.4, -0.2) is 13.2 Å². The first-order valence-corrected chi connectivity index (χ1v) is 12.3. The van der Waals surface area contributed by atoms with Crippen molar-refractivity contribution in [3.05, 3.63) is 89.4 Å². The molecule has 0 atom stereocenters. The van der Waals surface area contributed by atoms with Crippen LogP contribution < -0.4 is 4.57 Å². The number of rotatable bonds is 3. The summed E-state index contributed by atoms with van der Waals surface area (Å²) in [6.07, 6.45) is 3.77. The monoisotopic (exact) mass is 477 g/mol. The fraction of sp³-hybridized carbons (Fsp3) is 0.226. The number of benzene rings is 3. The molecule has 0 aliphatic carbocycles. The van der Waals surface area contributed by atoms with Gasteiger partial charge in [0.05, 0.1) is 17.2 Å². The van der Waals surface area contributed by atoms with Crippen molar-refractivity contribution in [1.29, 1.82) is 5.26 Å². The molecule has 6 rings (SSSR count). The van der Waals surface area contributed by atoms with Gasteiger partial charge in [-0.15, -0.1) is 0 Å². The lowest BCUT2D eigenvalue weighted by atomic mass is 9.89. The summed E-state index contributed by atoms with van der Waals surface area (Å²) in [4.78, 5) is 0. The van der Waals surface area contributed by atoms with E-state index in [1.807, 2.05) is 42.8 Å². The zero-order valence-corrected chi connectivity index (χ0v) is 20.3. The molecule has 0 N–H and O–H groups in total. The summed E-state index contributed by atoms with van der Waals surface area (Å²) >= 11 is 0. The molecule has 1 aliphatic rings. The maximum absolute atomic E-state index is 14.2. The third kappa shape index (κ3) is 3.66. The van der Waals surface area contributed by atoms with Crippen LogP contribution in [0.1, 0.15) is 35.4 Å². The highest BCUT2D eigenvalue weighted by Crippen LogP contribution is 2.42. The Kier molecular flexibility index (Phi) is 5.55. The Morgan fingerprint density at radius 2 is 1.61 bits per heavy atom. The van der Waals surface area contributed by atoms with Crippen LogP contribution in [0.4, 0.5) is 4.39 Å². The van der Waals surface area contributed by atoms with Gasteiger partial charge in [-0.1, -0.05) is 36.4 Å². The molecule has 1 fully saturated rings. The third-order valence-electron chi connectivity index (χ3n) is 7.40. The van der Waals surface area contributed by atoms with Crippen LogP contribution in [0.2, 0.25) is 0 Å². The summed E-state index contributed by atoms with van der Waals surface area (Å²) in [6.45, 7) is 3.60. The van der Waals surface area contributed by atoms with E-state index >= 15 is 0 Å². The van der Waals surface area contributed by atoms with Crippen LogP contribution >= 0.6 is 0 Å². The summed E-state index contributed by atoms with van der Waals surface area (Å²) in [7, 11) is 1.90. The average Bonchev–Trinajstić information content (AvgIpc) is 3.29. The summed E-state index contributed by atoms with van der Waals surface area (Å²) in [5.41, 5.74) is 7.55. The van der Waals surface area contributed by atoms with Crippen molar-refractivity contribution in [1.82, 2.24) is 0 Å². The normalized spacial score (nSPS) is 14.4. The van der Waals surface area contributed by atoms with Gasteiger partial charge in [0.1, 0.15) is 24.0 Å². The lowest BCUT2D eigenvalue weighted by Crippen LogP contribution is -2.30. The summed E-state index contributed by atoms with van der Waals surface area (Å²) < 4.78 is 28.2. The van der Waals surface area contributed by atoms with E-state index in [2.05, 4.69) is 30.3 Å². The predicted octanol–water partition coefficient (Wildman–Crippen LogP) is 6.96. The molecule has 0 spiro atoms. The number of hydrogen-bond acceptors (Lipinski definition) is 3. The van der Waals surface area contributed by atoms with Gasteiger partial charge in [0.2, 0.25) is 5.69 Å². The van der Waals surface area contributed by atoms with E-state index in [1.165, 1.54) is 17.7 Å². The summed E-state index contributed by atoms with van der Waals surface area (Å²) in [5, 5.41) is 11.8. The van der Waals surface area contributed by atoms with E-state index in [4.69, 9.17) is 9.15 Å². The highest BCUT2D eigenvalue weighted by molar-refractivity contribution is 6.14. The molecule has 4 nitrogen and oxygen atoms in total. The van der Waals surface area contributed by atoms with E-state index in [-0.39, 0.29) is 5.82 Å². The average molecular weight is 478 g/mol. The Bertz CT molecular complexity index is 1660. The Labute approximate surface area is 209 Å². The van der Waals surface area contributed by atoms with Gasteiger partial charge < -0.3 is 9.15 Å². The fourth-order valence-corrected chi connectivity index (χ4v) is 5.45. The smallest absolute Gasteiger partial charge is 0.219 e. The van der Waals surface area contributed by atoms with E-state index in [1.54, 1.807) is 6.20 Å². The molecule has 0 radical (unpaired) electrons. The number of furan rings is 1.